The minimum absolute atomic E-state index is 0.0420. The van der Waals surface area contributed by atoms with Crippen LogP contribution < -0.4 is 5.32 Å². The molecule has 1 aliphatic rings. The van der Waals surface area contributed by atoms with Gasteiger partial charge in [0.05, 0.1) is 5.56 Å². The van der Waals surface area contributed by atoms with Gasteiger partial charge in [-0.25, -0.2) is 13.6 Å². The molecule has 1 aromatic rings. The van der Waals surface area contributed by atoms with Crippen LogP contribution in [-0.4, -0.2) is 31.3 Å². The Bertz CT molecular complexity index is 492. The summed E-state index contributed by atoms with van der Waals surface area (Å²) < 4.78 is 32.5. The first-order chi connectivity index (χ1) is 9.47. The molecule has 1 aliphatic carbocycles. The highest BCUT2D eigenvalue weighted by molar-refractivity contribution is 5.88. The molecule has 1 fully saturated rings. The summed E-state index contributed by atoms with van der Waals surface area (Å²) in [6.45, 7) is 1.07. The van der Waals surface area contributed by atoms with Crippen molar-refractivity contribution in [1.82, 2.24) is 0 Å². The molecule has 0 amide bonds. The van der Waals surface area contributed by atoms with Gasteiger partial charge in [-0.3, -0.25) is 0 Å². The lowest BCUT2D eigenvalue weighted by molar-refractivity contribution is 0.0696. The third kappa shape index (κ3) is 3.25. The van der Waals surface area contributed by atoms with Crippen LogP contribution in [0.1, 0.15) is 29.6 Å². The fourth-order valence-corrected chi connectivity index (χ4v) is 2.15. The van der Waals surface area contributed by atoms with Crippen LogP contribution >= 0.6 is 0 Å². The monoisotopic (exact) mass is 285 g/mol. The average Bonchev–Trinajstić information content (AvgIpc) is 3.15. The summed E-state index contributed by atoms with van der Waals surface area (Å²) in [5, 5.41) is 11.5. The van der Waals surface area contributed by atoms with Gasteiger partial charge in [0, 0.05) is 20.3 Å². The molecule has 0 aliphatic heterocycles. The van der Waals surface area contributed by atoms with Gasteiger partial charge in [0.2, 0.25) is 0 Å². The van der Waals surface area contributed by atoms with E-state index in [1.165, 1.54) is 0 Å². The van der Waals surface area contributed by atoms with E-state index in [2.05, 4.69) is 5.32 Å². The molecule has 20 heavy (non-hydrogen) atoms. The standard InChI is InChI=1S/C14H17F2NO3/c1-20-5-4-14(2-3-14)8-17-12-10(15)6-9(13(18)19)7-11(12)16/h6-7,17H,2-5,8H2,1H3,(H,18,19). The Morgan fingerprint density at radius 1 is 1.40 bits per heavy atom. The summed E-state index contributed by atoms with van der Waals surface area (Å²) in [6, 6.07) is 1.64. The number of anilines is 1. The number of hydrogen-bond donors (Lipinski definition) is 2. The summed E-state index contributed by atoms with van der Waals surface area (Å²) in [7, 11) is 1.62. The Hall–Kier alpha value is -1.69. The molecular weight excluding hydrogens is 268 g/mol. The van der Waals surface area contributed by atoms with Gasteiger partial charge < -0.3 is 15.2 Å². The number of halogens is 2. The predicted molar refractivity (Wildman–Crippen MR) is 70.0 cm³/mol. The molecule has 1 saturated carbocycles. The lowest BCUT2D eigenvalue weighted by atomic mass is 10.0. The number of rotatable bonds is 7. The van der Waals surface area contributed by atoms with Gasteiger partial charge in [-0.05, 0) is 36.8 Å². The molecular formula is C14H17F2NO3. The van der Waals surface area contributed by atoms with Crippen LogP contribution in [0.5, 0.6) is 0 Å². The number of carboxylic acid groups (broad SMARTS) is 1. The van der Waals surface area contributed by atoms with Crippen LogP contribution in [-0.2, 0) is 4.74 Å². The molecule has 0 bridgehead atoms. The SMILES string of the molecule is COCCC1(CNc2c(F)cc(C(=O)O)cc2F)CC1. The second-order valence-corrected chi connectivity index (χ2v) is 5.22. The largest absolute Gasteiger partial charge is 0.478 e. The molecule has 0 radical (unpaired) electrons. The summed E-state index contributed by atoms with van der Waals surface area (Å²) >= 11 is 0. The van der Waals surface area contributed by atoms with E-state index in [1.54, 1.807) is 7.11 Å². The topological polar surface area (TPSA) is 58.6 Å². The Balaban J connectivity index is 2.05. The summed E-state index contributed by atoms with van der Waals surface area (Å²) in [4.78, 5) is 10.7. The summed E-state index contributed by atoms with van der Waals surface area (Å²) in [6.07, 6.45) is 2.84. The predicted octanol–water partition coefficient (Wildman–Crippen LogP) is 2.89. The van der Waals surface area contributed by atoms with Crippen molar-refractivity contribution < 1.29 is 23.4 Å². The Morgan fingerprint density at radius 2 is 2.00 bits per heavy atom. The van der Waals surface area contributed by atoms with Crippen molar-refractivity contribution in [2.75, 3.05) is 25.6 Å². The first-order valence-corrected chi connectivity index (χ1v) is 6.43. The molecule has 0 aromatic heterocycles. The number of nitrogens with one attached hydrogen (secondary N) is 1. The maximum atomic E-state index is 13.7. The first kappa shape index (κ1) is 14.7. The van der Waals surface area contributed by atoms with E-state index in [0.29, 0.717) is 13.2 Å². The summed E-state index contributed by atoms with van der Waals surface area (Å²) in [5.41, 5.74) is -0.620. The van der Waals surface area contributed by atoms with Gasteiger partial charge in [0.25, 0.3) is 0 Å². The number of methoxy groups -OCH3 is 1. The smallest absolute Gasteiger partial charge is 0.335 e. The van der Waals surface area contributed by atoms with E-state index in [1.807, 2.05) is 0 Å². The molecule has 4 nitrogen and oxygen atoms in total. The molecule has 0 unspecified atom stereocenters. The minimum Gasteiger partial charge on any atom is -0.478 e. The highest BCUT2D eigenvalue weighted by Gasteiger charge is 2.42. The van der Waals surface area contributed by atoms with Gasteiger partial charge in [0.15, 0.2) is 0 Å². The quantitative estimate of drug-likeness (QED) is 0.808. The highest BCUT2D eigenvalue weighted by atomic mass is 19.1. The van der Waals surface area contributed by atoms with Gasteiger partial charge in [-0.2, -0.15) is 0 Å². The van der Waals surface area contributed by atoms with Crippen LogP contribution in [0.2, 0.25) is 0 Å². The summed E-state index contributed by atoms with van der Waals surface area (Å²) in [5.74, 6) is -3.12. The number of hydrogen-bond acceptors (Lipinski definition) is 3. The van der Waals surface area contributed by atoms with E-state index in [-0.39, 0.29) is 11.1 Å². The van der Waals surface area contributed by atoms with Crippen molar-refractivity contribution in [3.05, 3.63) is 29.3 Å². The zero-order valence-electron chi connectivity index (χ0n) is 11.2. The van der Waals surface area contributed by atoms with Crippen molar-refractivity contribution >= 4 is 11.7 Å². The lowest BCUT2D eigenvalue weighted by Crippen LogP contribution is -2.19. The van der Waals surface area contributed by atoms with Crippen LogP contribution in [0, 0.1) is 17.0 Å². The number of benzene rings is 1. The third-order valence-electron chi connectivity index (χ3n) is 3.72. The molecule has 0 atom stereocenters. The van der Waals surface area contributed by atoms with Crippen molar-refractivity contribution in [2.45, 2.75) is 19.3 Å². The molecule has 1 aromatic carbocycles. The zero-order chi connectivity index (χ0) is 14.8. The second kappa shape index (κ2) is 5.75. The van der Waals surface area contributed by atoms with Crippen LogP contribution in [0.3, 0.4) is 0 Å². The van der Waals surface area contributed by atoms with Crippen molar-refractivity contribution in [3.63, 3.8) is 0 Å². The van der Waals surface area contributed by atoms with E-state index >= 15 is 0 Å². The molecule has 0 saturated heterocycles. The van der Waals surface area contributed by atoms with Crippen LogP contribution in [0.4, 0.5) is 14.5 Å². The molecule has 2 N–H and O–H groups in total. The minimum atomic E-state index is -1.35. The Labute approximate surface area is 115 Å². The van der Waals surface area contributed by atoms with Gasteiger partial charge >= 0.3 is 5.97 Å². The number of carboxylic acids is 1. The van der Waals surface area contributed by atoms with Crippen LogP contribution in [0.25, 0.3) is 0 Å². The normalized spacial score (nSPS) is 15.9. The van der Waals surface area contributed by atoms with Crippen molar-refractivity contribution in [2.24, 2.45) is 5.41 Å². The molecule has 0 heterocycles. The molecule has 110 valence electrons. The average molecular weight is 285 g/mol. The lowest BCUT2D eigenvalue weighted by Gasteiger charge is -2.17. The molecule has 6 heteroatoms. The van der Waals surface area contributed by atoms with Crippen LogP contribution in [0.15, 0.2) is 12.1 Å². The van der Waals surface area contributed by atoms with Gasteiger partial charge in [0.1, 0.15) is 17.3 Å². The second-order valence-electron chi connectivity index (χ2n) is 5.22. The van der Waals surface area contributed by atoms with E-state index < -0.39 is 23.2 Å². The Morgan fingerprint density at radius 3 is 2.45 bits per heavy atom. The number of aromatic carboxylic acids is 1. The molecule has 0 spiro atoms. The molecule has 2 rings (SSSR count). The Kier molecular flexibility index (Phi) is 4.23. The van der Waals surface area contributed by atoms with Crippen molar-refractivity contribution in [3.8, 4) is 0 Å². The number of carbonyl (C=O) groups is 1. The number of ether oxygens (including phenoxy) is 1. The third-order valence-corrected chi connectivity index (χ3v) is 3.72. The first-order valence-electron chi connectivity index (χ1n) is 6.43. The van der Waals surface area contributed by atoms with E-state index in [0.717, 1.165) is 31.4 Å². The fraction of sp³-hybridized carbons (Fsp3) is 0.500. The maximum Gasteiger partial charge on any atom is 0.335 e. The van der Waals surface area contributed by atoms with Crippen molar-refractivity contribution in [1.29, 1.82) is 0 Å². The van der Waals surface area contributed by atoms with E-state index in [4.69, 9.17) is 9.84 Å². The maximum absolute atomic E-state index is 13.7. The zero-order valence-corrected chi connectivity index (χ0v) is 11.2. The van der Waals surface area contributed by atoms with Gasteiger partial charge in [-0.15, -0.1) is 0 Å². The van der Waals surface area contributed by atoms with Gasteiger partial charge in [-0.1, -0.05) is 0 Å². The fourth-order valence-electron chi connectivity index (χ4n) is 2.15. The van der Waals surface area contributed by atoms with E-state index in [9.17, 15) is 13.6 Å². The highest BCUT2D eigenvalue weighted by Crippen LogP contribution is 2.48.